The summed E-state index contributed by atoms with van der Waals surface area (Å²) in [5, 5.41) is 22.3. The minimum Gasteiger partial charge on any atom is -0.396 e. The Balaban J connectivity index is 2.16. The van der Waals surface area contributed by atoms with Gasteiger partial charge in [0.25, 0.3) is 5.91 Å². The van der Waals surface area contributed by atoms with Crippen LogP contribution in [0.1, 0.15) is 19.3 Å². The van der Waals surface area contributed by atoms with E-state index >= 15 is 0 Å². The van der Waals surface area contributed by atoms with E-state index in [2.05, 4.69) is 5.32 Å². The monoisotopic (exact) mass is 306 g/mol. The number of likely N-dealkylation sites (N-methyl/N-ethyl adjacent to an activating group) is 1. The molecule has 1 aliphatic heterocycles. The van der Waals surface area contributed by atoms with Crippen molar-refractivity contribution in [3.05, 3.63) is 30.3 Å². The van der Waals surface area contributed by atoms with E-state index in [4.69, 9.17) is 5.11 Å². The molecule has 3 N–H and O–H groups in total. The molecule has 1 aromatic carbocycles. The first-order valence-electron chi connectivity index (χ1n) is 7.48. The summed E-state index contributed by atoms with van der Waals surface area (Å²) in [4.78, 5) is 25.0. The maximum Gasteiger partial charge on any atom is 0.258 e. The Hall–Kier alpha value is -1.92. The molecular formula is C16H22N2O4. The number of carbonyl (C=O) groups is 2. The number of anilines is 1. The van der Waals surface area contributed by atoms with Crippen LogP contribution in [0.25, 0.3) is 0 Å². The molecule has 6 nitrogen and oxygen atoms in total. The zero-order valence-electron chi connectivity index (χ0n) is 12.6. The van der Waals surface area contributed by atoms with Gasteiger partial charge in [-0.3, -0.25) is 14.5 Å². The molecule has 22 heavy (non-hydrogen) atoms. The van der Waals surface area contributed by atoms with Gasteiger partial charge >= 0.3 is 0 Å². The smallest absolute Gasteiger partial charge is 0.258 e. The molecule has 1 fully saturated rings. The fourth-order valence-electron chi connectivity index (χ4n) is 2.78. The number of nitrogens with zero attached hydrogens (tertiary/aromatic N) is 1. The Morgan fingerprint density at radius 2 is 1.86 bits per heavy atom. The van der Waals surface area contributed by atoms with Gasteiger partial charge in [0.2, 0.25) is 5.91 Å². The lowest BCUT2D eigenvalue weighted by molar-refractivity contribution is -0.139. The summed E-state index contributed by atoms with van der Waals surface area (Å²) in [6, 6.07) is 9.02. The van der Waals surface area contributed by atoms with Crippen LogP contribution in [0.2, 0.25) is 0 Å². The molecule has 0 spiro atoms. The minimum atomic E-state index is -1.31. The van der Waals surface area contributed by atoms with E-state index in [-0.39, 0.29) is 18.6 Å². The first-order valence-corrected chi connectivity index (χ1v) is 7.48. The third-order valence-electron chi connectivity index (χ3n) is 4.02. The van der Waals surface area contributed by atoms with Crippen molar-refractivity contribution < 1.29 is 19.8 Å². The van der Waals surface area contributed by atoms with Crippen LogP contribution in [-0.2, 0) is 9.59 Å². The second-order valence-corrected chi connectivity index (χ2v) is 5.54. The van der Waals surface area contributed by atoms with Crippen LogP contribution in [-0.4, -0.2) is 52.7 Å². The van der Waals surface area contributed by atoms with Gasteiger partial charge in [-0.15, -0.1) is 0 Å². The summed E-state index contributed by atoms with van der Waals surface area (Å²) in [5.41, 5.74) is 0.832. The van der Waals surface area contributed by atoms with Crippen LogP contribution in [0.3, 0.4) is 0 Å². The fourth-order valence-corrected chi connectivity index (χ4v) is 2.78. The number of carbonyl (C=O) groups excluding carboxylic acids is 2. The Bertz CT molecular complexity index is 520. The van der Waals surface area contributed by atoms with Crippen molar-refractivity contribution in [1.29, 1.82) is 0 Å². The number of imide groups is 1. The third-order valence-corrected chi connectivity index (χ3v) is 4.02. The number of benzene rings is 1. The van der Waals surface area contributed by atoms with Crippen molar-refractivity contribution >= 4 is 17.5 Å². The van der Waals surface area contributed by atoms with E-state index in [0.717, 1.165) is 10.6 Å². The van der Waals surface area contributed by atoms with E-state index in [1.807, 2.05) is 30.3 Å². The molecular weight excluding hydrogens is 284 g/mol. The van der Waals surface area contributed by atoms with Crippen LogP contribution in [0.4, 0.5) is 5.69 Å². The number of hydrogen-bond donors (Lipinski definition) is 3. The molecule has 1 heterocycles. The Morgan fingerprint density at radius 1 is 1.18 bits per heavy atom. The maximum absolute atomic E-state index is 12.2. The summed E-state index contributed by atoms with van der Waals surface area (Å²) in [6.07, 6.45) is 0.598. The summed E-state index contributed by atoms with van der Waals surface area (Å²) in [7, 11) is 1.39. The zero-order chi connectivity index (χ0) is 16.1. The van der Waals surface area contributed by atoms with Crippen molar-refractivity contribution in [3.63, 3.8) is 0 Å². The average Bonchev–Trinajstić information content (AvgIpc) is 2.71. The van der Waals surface area contributed by atoms with Crippen LogP contribution >= 0.6 is 0 Å². The number of aliphatic hydroxyl groups excluding tert-OH is 2. The highest BCUT2D eigenvalue weighted by atomic mass is 16.3. The highest BCUT2D eigenvalue weighted by Crippen LogP contribution is 2.27. The highest BCUT2D eigenvalue weighted by Gasteiger charge is 2.48. The number of aliphatic hydroxyl groups is 2. The summed E-state index contributed by atoms with van der Waals surface area (Å²) in [6.45, 7) is 0.0814. The van der Waals surface area contributed by atoms with Crippen LogP contribution in [0.5, 0.6) is 0 Å². The highest BCUT2D eigenvalue weighted by molar-refractivity contribution is 6.06. The molecule has 3 unspecified atom stereocenters. The van der Waals surface area contributed by atoms with E-state index in [1.54, 1.807) is 0 Å². The normalized spacial score (nSPS) is 23.0. The molecule has 0 bridgehead atoms. The first kappa shape index (κ1) is 16.5. The number of rotatable bonds is 7. The number of para-hydroxylation sites is 1. The zero-order valence-corrected chi connectivity index (χ0v) is 12.6. The summed E-state index contributed by atoms with van der Waals surface area (Å²) < 4.78 is 0. The quantitative estimate of drug-likeness (QED) is 0.507. The van der Waals surface area contributed by atoms with E-state index in [0.29, 0.717) is 19.3 Å². The molecule has 1 aliphatic rings. The van der Waals surface area contributed by atoms with Crippen molar-refractivity contribution in [2.24, 2.45) is 5.92 Å². The summed E-state index contributed by atoms with van der Waals surface area (Å²) >= 11 is 0. The topological polar surface area (TPSA) is 89.9 Å². The van der Waals surface area contributed by atoms with Crippen molar-refractivity contribution in [2.75, 3.05) is 19.0 Å². The van der Waals surface area contributed by atoms with Crippen molar-refractivity contribution in [1.82, 2.24) is 4.90 Å². The number of hydrogen-bond acceptors (Lipinski definition) is 5. The van der Waals surface area contributed by atoms with Gasteiger partial charge in [0.05, 0.1) is 5.92 Å². The minimum absolute atomic E-state index is 0.0814. The molecule has 1 aromatic rings. The first-order chi connectivity index (χ1) is 10.6. The Kier molecular flexibility index (Phi) is 5.51. The number of likely N-dealkylation sites (tertiary alicyclic amines) is 1. The molecule has 120 valence electrons. The average molecular weight is 306 g/mol. The molecule has 2 rings (SSSR count). The van der Waals surface area contributed by atoms with Gasteiger partial charge in [-0.25, -0.2) is 0 Å². The third kappa shape index (κ3) is 3.45. The molecule has 0 radical (unpaired) electrons. The van der Waals surface area contributed by atoms with E-state index in [1.165, 1.54) is 7.05 Å². The molecule has 2 amide bonds. The van der Waals surface area contributed by atoms with Gasteiger partial charge in [0.1, 0.15) is 6.10 Å². The second-order valence-electron chi connectivity index (χ2n) is 5.54. The molecule has 1 saturated heterocycles. The number of amides is 2. The predicted octanol–water partition coefficient (Wildman–Crippen LogP) is 0.605. The molecule has 0 aliphatic carbocycles. The fraction of sp³-hybridized carbons (Fsp3) is 0.500. The number of unbranched alkanes of at least 4 members (excludes halogenated alkanes) is 1. The Morgan fingerprint density at radius 3 is 2.41 bits per heavy atom. The van der Waals surface area contributed by atoms with Crippen molar-refractivity contribution in [2.45, 2.75) is 31.4 Å². The van der Waals surface area contributed by atoms with Gasteiger partial charge < -0.3 is 15.5 Å². The lowest BCUT2D eigenvalue weighted by Gasteiger charge is -2.25. The molecule has 0 saturated carbocycles. The lowest BCUT2D eigenvalue weighted by atomic mass is 9.91. The lowest BCUT2D eigenvalue weighted by Crippen LogP contribution is -2.39. The van der Waals surface area contributed by atoms with E-state index < -0.39 is 17.9 Å². The van der Waals surface area contributed by atoms with Crippen molar-refractivity contribution in [3.8, 4) is 0 Å². The molecule has 6 heteroatoms. The van der Waals surface area contributed by atoms with E-state index in [9.17, 15) is 14.7 Å². The molecule has 3 atom stereocenters. The maximum atomic E-state index is 12.2. The van der Waals surface area contributed by atoms with Gasteiger partial charge in [-0.2, -0.15) is 0 Å². The van der Waals surface area contributed by atoms with Crippen LogP contribution < -0.4 is 5.32 Å². The van der Waals surface area contributed by atoms with Crippen LogP contribution in [0.15, 0.2) is 30.3 Å². The van der Waals surface area contributed by atoms with Gasteiger partial charge in [0, 0.05) is 25.4 Å². The largest absolute Gasteiger partial charge is 0.396 e. The number of nitrogens with one attached hydrogen (secondary N) is 1. The molecule has 0 aromatic heterocycles. The van der Waals surface area contributed by atoms with Gasteiger partial charge in [0.15, 0.2) is 0 Å². The van der Waals surface area contributed by atoms with Gasteiger partial charge in [-0.1, -0.05) is 18.2 Å². The van der Waals surface area contributed by atoms with Gasteiger partial charge in [-0.05, 0) is 31.4 Å². The standard InChI is InChI=1S/C16H22N2O4/c1-18-15(21)13(14(20)16(18)22)12(9-5-6-10-19)17-11-7-3-2-4-8-11/h2-4,7-8,12-14,17,19-20H,5-6,9-10H2,1H3. The predicted molar refractivity (Wildman–Crippen MR) is 82.1 cm³/mol. The SMILES string of the molecule is CN1C(=O)C(O)C(C(CCCCO)Nc2ccccc2)C1=O. The Labute approximate surface area is 129 Å². The van der Waals surface area contributed by atoms with Crippen LogP contribution in [0, 0.1) is 5.92 Å². The second kappa shape index (κ2) is 7.38. The summed E-state index contributed by atoms with van der Waals surface area (Å²) in [5.74, 6) is -1.72.